The third kappa shape index (κ3) is 6.53. The number of anilines is 1. The zero-order valence-corrected chi connectivity index (χ0v) is 21.2. The smallest absolute Gasteiger partial charge is 0.273 e. The molecule has 0 bridgehead atoms. The number of rotatable bonds is 9. The molecule has 2 heterocycles. The van der Waals surface area contributed by atoms with Gasteiger partial charge in [-0.1, -0.05) is 0 Å². The SMILES string of the molecule is COc1ccc(C(=O)Nc2nccnc2C(=O)NC2CCN(Cc3cc(OC)ccc3OC)CC2)cc1. The van der Waals surface area contributed by atoms with E-state index in [0.29, 0.717) is 11.3 Å². The van der Waals surface area contributed by atoms with Gasteiger partial charge in [-0.3, -0.25) is 14.5 Å². The molecular weight excluding hydrogens is 474 g/mol. The van der Waals surface area contributed by atoms with Crippen LogP contribution < -0.4 is 24.8 Å². The number of likely N-dealkylation sites (tertiary alicyclic amines) is 1. The highest BCUT2D eigenvalue weighted by Crippen LogP contribution is 2.26. The van der Waals surface area contributed by atoms with Crippen molar-refractivity contribution in [1.29, 1.82) is 0 Å². The minimum absolute atomic E-state index is 0.0110. The molecule has 3 aromatic rings. The first-order chi connectivity index (χ1) is 18.0. The highest BCUT2D eigenvalue weighted by atomic mass is 16.5. The molecular formula is C27H31N5O5. The van der Waals surface area contributed by atoms with Crippen molar-refractivity contribution in [3.63, 3.8) is 0 Å². The minimum atomic E-state index is -0.390. The number of amides is 2. The van der Waals surface area contributed by atoms with Gasteiger partial charge >= 0.3 is 0 Å². The molecule has 1 aromatic heterocycles. The largest absolute Gasteiger partial charge is 0.497 e. The summed E-state index contributed by atoms with van der Waals surface area (Å²) >= 11 is 0. The van der Waals surface area contributed by atoms with E-state index in [1.165, 1.54) is 12.4 Å². The lowest BCUT2D eigenvalue weighted by molar-refractivity contribution is 0.0904. The summed E-state index contributed by atoms with van der Waals surface area (Å²) in [6.07, 6.45) is 4.44. The Kier molecular flexibility index (Phi) is 8.52. The molecule has 0 saturated carbocycles. The molecule has 0 radical (unpaired) electrons. The van der Waals surface area contributed by atoms with Crippen LogP contribution in [0.25, 0.3) is 0 Å². The van der Waals surface area contributed by atoms with Gasteiger partial charge in [0.15, 0.2) is 11.5 Å². The van der Waals surface area contributed by atoms with Crippen molar-refractivity contribution in [3.8, 4) is 17.2 Å². The molecule has 0 spiro atoms. The predicted molar refractivity (Wildman–Crippen MR) is 138 cm³/mol. The fourth-order valence-electron chi connectivity index (χ4n) is 4.25. The molecule has 2 N–H and O–H groups in total. The van der Waals surface area contributed by atoms with Crippen molar-refractivity contribution >= 4 is 17.6 Å². The number of carbonyl (C=O) groups is 2. The van der Waals surface area contributed by atoms with Gasteiger partial charge in [0, 0.05) is 49.2 Å². The number of benzene rings is 2. The van der Waals surface area contributed by atoms with Crippen LogP contribution in [0, 0.1) is 0 Å². The topological polar surface area (TPSA) is 115 Å². The summed E-state index contributed by atoms with van der Waals surface area (Å²) in [7, 11) is 4.86. The van der Waals surface area contributed by atoms with Crippen LogP contribution in [0.5, 0.6) is 17.2 Å². The molecule has 2 aromatic carbocycles. The molecule has 0 aliphatic carbocycles. The number of ether oxygens (including phenoxy) is 3. The summed E-state index contributed by atoms with van der Waals surface area (Å²) in [4.78, 5) is 36.4. The number of nitrogens with zero attached hydrogens (tertiary/aromatic N) is 3. The molecule has 0 atom stereocenters. The van der Waals surface area contributed by atoms with Crippen LogP contribution in [0.15, 0.2) is 54.9 Å². The molecule has 194 valence electrons. The van der Waals surface area contributed by atoms with Crippen LogP contribution in [-0.4, -0.2) is 67.1 Å². The highest BCUT2D eigenvalue weighted by molar-refractivity contribution is 6.07. The number of carbonyl (C=O) groups excluding carboxylic acids is 2. The number of hydrogen-bond donors (Lipinski definition) is 2. The number of hydrogen-bond acceptors (Lipinski definition) is 8. The van der Waals surface area contributed by atoms with E-state index in [1.807, 2.05) is 18.2 Å². The summed E-state index contributed by atoms with van der Waals surface area (Å²) in [5.41, 5.74) is 1.55. The van der Waals surface area contributed by atoms with E-state index in [-0.39, 0.29) is 23.5 Å². The van der Waals surface area contributed by atoms with E-state index < -0.39 is 5.91 Å². The van der Waals surface area contributed by atoms with E-state index in [9.17, 15) is 9.59 Å². The highest BCUT2D eigenvalue weighted by Gasteiger charge is 2.24. The van der Waals surface area contributed by atoms with Crippen LogP contribution in [0.3, 0.4) is 0 Å². The van der Waals surface area contributed by atoms with E-state index in [2.05, 4.69) is 25.5 Å². The summed E-state index contributed by atoms with van der Waals surface area (Å²) in [5, 5.41) is 5.74. The summed E-state index contributed by atoms with van der Waals surface area (Å²) in [6, 6.07) is 12.4. The minimum Gasteiger partial charge on any atom is -0.497 e. The summed E-state index contributed by atoms with van der Waals surface area (Å²) in [5.74, 6) is 1.61. The zero-order chi connectivity index (χ0) is 26.2. The van der Waals surface area contributed by atoms with E-state index in [1.54, 1.807) is 45.6 Å². The van der Waals surface area contributed by atoms with Crippen molar-refractivity contribution in [2.45, 2.75) is 25.4 Å². The molecule has 1 aliphatic rings. The summed E-state index contributed by atoms with van der Waals surface area (Å²) in [6.45, 7) is 2.35. The molecule has 1 fully saturated rings. The van der Waals surface area contributed by atoms with Crippen molar-refractivity contribution in [2.75, 3.05) is 39.7 Å². The normalized spacial score (nSPS) is 14.0. The quantitative estimate of drug-likeness (QED) is 0.456. The molecule has 1 aliphatic heterocycles. The Balaban J connectivity index is 1.34. The molecule has 10 nitrogen and oxygen atoms in total. The maximum absolute atomic E-state index is 13.0. The van der Waals surface area contributed by atoms with Gasteiger partial charge in [0.1, 0.15) is 17.2 Å². The van der Waals surface area contributed by atoms with Gasteiger partial charge in [-0.05, 0) is 55.3 Å². The third-order valence-corrected chi connectivity index (χ3v) is 6.30. The second-order valence-corrected chi connectivity index (χ2v) is 8.64. The van der Waals surface area contributed by atoms with Crippen molar-refractivity contribution in [1.82, 2.24) is 20.2 Å². The maximum atomic E-state index is 13.0. The average molecular weight is 506 g/mol. The Hall–Kier alpha value is -4.18. The first-order valence-electron chi connectivity index (χ1n) is 12.0. The van der Waals surface area contributed by atoms with Crippen LogP contribution in [0.1, 0.15) is 39.3 Å². The van der Waals surface area contributed by atoms with Gasteiger partial charge in [0.25, 0.3) is 11.8 Å². The monoisotopic (exact) mass is 505 g/mol. The van der Waals surface area contributed by atoms with E-state index >= 15 is 0 Å². The van der Waals surface area contributed by atoms with Gasteiger partial charge in [-0.25, -0.2) is 9.97 Å². The number of piperidine rings is 1. The lowest BCUT2D eigenvalue weighted by Crippen LogP contribution is -2.44. The van der Waals surface area contributed by atoms with Gasteiger partial charge in [0.05, 0.1) is 21.3 Å². The Bertz CT molecular complexity index is 1230. The average Bonchev–Trinajstić information content (AvgIpc) is 2.94. The molecule has 2 amide bonds. The lowest BCUT2D eigenvalue weighted by atomic mass is 10.0. The van der Waals surface area contributed by atoms with Crippen LogP contribution in [0.2, 0.25) is 0 Å². The van der Waals surface area contributed by atoms with E-state index in [4.69, 9.17) is 14.2 Å². The number of nitrogens with one attached hydrogen (secondary N) is 2. The van der Waals surface area contributed by atoms with Gasteiger partial charge < -0.3 is 24.8 Å². The predicted octanol–water partition coefficient (Wildman–Crippen LogP) is 3.15. The number of aromatic nitrogens is 2. The summed E-state index contributed by atoms with van der Waals surface area (Å²) < 4.78 is 16.0. The standard InChI is InChI=1S/C27H31N5O5/c1-35-21-6-4-18(5-7-21)26(33)31-25-24(28-12-13-29-25)27(34)30-20-10-14-32(15-11-20)17-19-16-22(36-2)8-9-23(19)37-3/h4-9,12-13,16,20H,10-11,14-15,17H2,1-3H3,(H,30,34)(H,29,31,33). The number of methoxy groups -OCH3 is 3. The van der Waals surface area contributed by atoms with Crippen LogP contribution in [0.4, 0.5) is 5.82 Å². The van der Waals surface area contributed by atoms with Crippen LogP contribution in [-0.2, 0) is 6.54 Å². The Labute approximate surface area is 216 Å². The lowest BCUT2D eigenvalue weighted by Gasteiger charge is -2.32. The Morgan fingerprint density at radius 1 is 0.892 bits per heavy atom. The Morgan fingerprint density at radius 2 is 1.57 bits per heavy atom. The van der Waals surface area contributed by atoms with Crippen molar-refractivity contribution in [3.05, 3.63) is 71.7 Å². The molecule has 10 heteroatoms. The van der Waals surface area contributed by atoms with Crippen LogP contribution >= 0.6 is 0 Å². The first-order valence-corrected chi connectivity index (χ1v) is 12.0. The molecule has 37 heavy (non-hydrogen) atoms. The maximum Gasteiger partial charge on any atom is 0.273 e. The van der Waals surface area contributed by atoms with Gasteiger partial charge in [-0.2, -0.15) is 0 Å². The Morgan fingerprint density at radius 3 is 2.24 bits per heavy atom. The third-order valence-electron chi connectivity index (χ3n) is 6.30. The second-order valence-electron chi connectivity index (χ2n) is 8.64. The van der Waals surface area contributed by atoms with Gasteiger partial charge in [0.2, 0.25) is 0 Å². The van der Waals surface area contributed by atoms with E-state index in [0.717, 1.165) is 49.5 Å². The fraction of sp³-hybridized carbons (Fsp3) is 0.333. The zero-order valence-electron chi connectivity index (χ0n) is 21.2. The van der Waals surface area contributed by atoms with Gasteiger partial charge in [-0.15, -0.1) is 0 Å². The van der Waals surface area contributed by atoms with Crippen molar-refractivity contribution in [2.24, 2.45) is 0 Å². The molecule has 4 rings (SSSR count). The molecule has 1 saturated heterocycles. The van der Waals surface area contributed by atoms with Crippen molar-refractivity contribution < 1.29 is 23.8 Å². The molecule has 0 unspecified atom stereocenters. The first kappa shape index (κ1) is 25.9. The fourth-order valence-corrected chi connectivity index (χ4v) is 4.25. The second kappa shape index (κ2) is 12.2.